The van der Waals surface area contributed by atoms with Crippen LogP contribution >= 0.6 is 11.8 Å². The Balaban J connectivity index is 1.49. The molecule has 1 atom stereocenters. The first-order valence-corrected chi connectivity index (χ1v) is 9.71. The standard InChI is InChI=1S/C17H23F2N3O2S/c1-11(16-21-15(22-24-16)12-5-3-2-4-6-12)20-9-13-7-8-14(23-13)10-25-17(18)19/h7-8,11-12,17,20H,2-6,9-10H2,1H3. The number of thioether (sulfide) groups is 1. The predicted molar refractivity (Wildman–Crippen MR) is 91.4 cm³/mol. The second-order valence-corrected chi connectivity index (χ2v) is 7.35. The molecule has 0 radical (unpaired) electrons. The van der Waals surface area contributed by atoms with E-state index in [9.17, 15) is 8.78 Å². The molecule has 1 fully saturated rings. The number of alkyl halides is 2. The normalized spacial score (nSPS) is 17.3. The lowest BCUT2D eigenvalue weighted by molar-refractivity contribution is 0.251. The van der Waals surface area contributed by atoms with Gasteiger partial charge in [-0.15, -0.1) is 0 Å². The number of hydrogen-bond acceptors (Lipinski definition) is 6. The van der Waals surface area contributed by atoms with Gasteiger partial charge in [-0.1, -0.05) is 36.2 Å². The monoisotopic (exact) mass is 371 g/mol. The number of hydrogen-bond donors (Lipinski definition) is 1. The molecule has 0 aromatic carbocycles. The van der Waals surface area contributed by atoms with Gasteiger partial charge in [0.25, 0.3) is 5.76 Å². The lowest BCUT2D eigenvalue weighted by Gasteiger charge is -2.17. The largest absolute Gasteiger partial charge is 0.464 e. The van der Waals surface area contributed by atoms with E-state index < -0.39 is 5.76 Å². The molecule has 1 N–H and O–H groups in total. The third-order valence-electron chi connectivity index (χ3n) is 4.45. The number of furan rings is 1. The van der Waals surface area contributed by atoms with Crippen molar-refractivity contribution in [2.75, 3.05) is 0 Å². The Labute approximate surface area is 149 Å². The molecule has 0 saturated heterocycles. The highest BCUT2D eigenvalue weighted by Crippen LogP contribution is 2.31. The third kappa shape index (κ3) is 5.28. The van der Waals surface area contributed by atoms with Crippen molar-refractivity contribution >= 4 is 11.8 Å². The van der Waals surface area contributed by atoms with Gasteiger partial charge in [-0.3, -0.25) is 5.32 Å². The molecular formula is C17H23F2N3O2S. The van der Waals surface area contributed by atoms with Crippen LogP contribution < -0.4 is 5.32 Å². The van der Waals surface area contributed by atoms with Crippen LogP contribution in [0.25, 0.3) is 0 Å². The Hall–Kier alpha value is -1.41. The Morgan fingerprint density at radius 3 is 2.76 bits per heavy atom. The van der Waals surface area contributed by atoms with Crippen LogP contribution in [0.15, 0.2) is 21.1 Å². The molecule has 2 aromatic heterocycles. The van der Waals surface area contributed by atoms with Crippen molar-refractivity contribution in [2.45, 2.75) is 69.0 Å². The van der Waals surface area contributed by atoms with E-state index >= 15 is 0 Å². The van der Waals surface area contributed by atoms with Crippen molar-refractivity contribution in [3.05, 3.63) is 35.4 Å². The van der Waals surface area contributed by atoms with Crippen LogP contribution in [0.5, 0.6) is 0 Å². The molecule has 0 spiro atoms. The highest BCUT2D eigenvalue weighted by molar-refractivity contribution is 7.98. The van der Waals surface area contributed by atoms with E-state index in [2.05, 4.69) is 15.5 Å². The molecule has 2 aromatic rings. The van der Waals surface area contributed by atoms with E-state index in [-0.39, 0.29) is 11.8 Å². The highest BCUT2D eigenvalue weighted by Gasteiger charge is 2.22. The number of halogens is 2. The average Bonchev–Trinajstić information content (AvgIpc) is 3.28. The summed E-state index contributed by atoms with van der Waals surface area (Å²) < 4.78 is 35.3. The van der Waals surface area contributed by atoms with Gasteiger partial charge in [-0.05, 0) is 31.9 Å². The van der Waals surface area contributed by atoms with Gasteiger partial charge in [0.05, 0.1) is 18.3 Å². The van der Waals surface area contributed by atoms with Crippen molar-refractivity contribution < 1.29 is 17.7 Å². The van der Waals surface area contributed by atoms with Crippen LogP contribution in [-0.2, 0) is 12.3 Å². The van der Waals surface area contributed by atoms with Crippen LogP contribution in [0.3, 0.4) is 0 Å². The van der Waals surface area contributed by atoms with Crippen LogP contribution in [0, 0.1) is 0 Å². The Morgan fingerprint density at radius 1 is 1.24 bits per heavy atom. The topological polar surface area (TPSA) is 64.1 Å². The number of aromatic nitrogens is 2. The zero-order chi connectivity index (χ0) is 17.6. The zero-order valence-corrected chi connectivity index (χ0v) is 15.0. The molecule has 0 amide bonds. The van der Waals surface area contributed by atoms with E-state index in [1.165, 1.54) is 19.3 Å². The number of nitrogens with zero attached hydrogens (tertiary/aromatic N) is 2. The van der Waals surface area contributed by atoms with Gasteiger partial charge in [0.15, 0.2) is 5.82 Å². The summed E-state index contributed by atoms with van der Waals surface area (Å²) in [4.78, 5) is 4.54. The molecule has 0 bridgehead atoms. The van der Waals surface area contributed by atoms with Gasteiger partial charge in [0, 0.05) is 5.92 Å². The second kappa shape index (κ2) is 8.80. The zero-order valence-electron chi connectivity index (χ0n) is 14.2. The predicted octanol–water partition coefficient (Wildman–Crippen LogP) is 5.02. The number of rotatable bonds is 8. The van der Waals surface area contributed by atoms with Crippen LogP contribution in [0.1, 0.15) is 74.2 Å². The first-order chi connectivity index (χ1) is 12.1. The van der Waals surface area contributed by atoms with E-state index in [4.69, 9.17) is 8.94 Å². The summed E-state index contributed by atoms with van der Waals surface area (Å²) in [7, 11) is 0. The number of nitrogens with one attached hydrogen (secondary N) is 1. The fourth-order valence-electron chi connectivity index (χ4n) is 3.03. The molecule has 8 heteroatoms. The molecule has 5 nitrogen and oxygen atoms in total. The van der Waals surface area contributed by atoms with Gasteiger partial charge < -0.3 is 8.94 Å². The molecular weight excluding hydrogens is 348 g/mol. The van der Waals surface area contributed by atoms with E-state index in [1.54, 1.807) is 12.1 Å². The molecule has 1 unspecified atom stereocenters. The maximum atomic E-state index is 12.2. The minimum atomic E-state index is -2.39. The molecule has 138 valence electrons. The summed E-state index contributed by atoms with van der Waals surface area (Å²) in [5, 5.41) is 7.40. The first-order valence-electron chi connectivity index (χ1n) is 8.66. The summed E-state index contributed by atoms with van der Waals surface area (Å²) in [6, 6.07) is 3.42. The smallest absolute Gasteiger partial charge is 0.284 e. The van der Waals surface area contributed by atoms with Crippen molar-refractivity contribution in [1.82, 2.24) is 15.5 Å². The lowest BCUT2D eigenvalue weighted by Crippen LogP contribution is -2.18. The van der Waals surface area contributed by atoms with Gasteiger partial charge in [-0.2, -0.15) is 13.8 Å². The fourth-order valence-corrected chi connectivity index (χ4v) is 3.48. The molecule has 25 heavy (non-hydrogen) atoms. The molecule has 1 aliphatic carbocycles. The van der Waals surface area contributed by atoms with E-state index in [0.717, 1.165) is 18.7 Å². The maximum Gasteiger partial charge on any atom is 0.284 e. The Bertz CT molecular complexity index is 656. The van der Waals surface area contributed by atoms with Crippen LogP contribution in [0.2, 0.25) is 0 Å². The fraction of sp³-hybridized carbons (Fsp3) is 0.647. The highest BCUT2D eigenvalue weighted by atomic mass is 32.2. The summed E-state index contributed by atoms with van der Waals surface area (Å²) in [5.41, 5.74) is 0. The minimum absolute atomic E-state index is 0.103. The van der Waals surface area contributed by atoms with Gasteiger partial charge in [-0.25, -0.2) is 0 Å². The van der Waals surface area contributed by atoms with E-state index in [1.807, 2.05) is 6.92 Å². The van der Waals surface area contributed by atoms with Crippen molar-refractivity contribution in [3.8, 4) is 0 Å². The SMILES string of the molecule is CC(NCc1ccc(CSC(F)F)o1)c1nc(C2CCCCC2)no1. The summed E-state index contributed by atoms with van der Waals surface area (Å²) in [5.74, 6) is 0.826. The van der Waals surface area contributed by atoms with Crippen molar-refractivity contribution in [1.29, 1.82) is 0 Å². The summed E-state index contributed by atoms with van der Waals surface area (Å²) in [6.45, 7) is 2.43. The first kappa shape index (κ1) is 18.4. The quantitative estimate of drug-likeness (QED) is 0.703. The molecule has 1 saturated carbocycles. The van der Waals surface area contributed by atoms with E-state index in [0.29, 0.717) is 41.6 Å². The van der Waals surface area contributed by atoms with Gasteiger partial charge >= 0.3 is 0 Å². The van der Waals surface area contributed by atoms with Crippen LogP contribution in [0.4, 0.5) is 8.78 Å². The molecule has 1 aliphatic rings. The summed E-state index contributed by atoms with van der Waals surface area (Å²) >= 11 is 0.554. The summed E-state index contributed by atoms with van der Waals surface area (Å²) in [6.07, 6.45) is 6.01. The van der Waals surface area contributed by atoms with Gasteiger partial charge in [0.1, 0.15) is 11.5 Å². The molecule has 3 rings (SSSR count). The molecule has 2 heterocycles. The third-order valence-corrected chi connectivity index (χ3v) is 5.15. The van der Waals surface area contributed by atoms with Crippen molar-refractivity contribution in [2.24, 2.45) is 0 Å². The lowest BCUT2D eigenvalue weighted by atomic mass is 9.89. The second-order valence-electron chi connectivity index (χ2n) is 6.37. The van der Waals surface area contributed by atoms with Crippen molar-refractivity contribution in [3.63, 3.8) is 0 Å². The Kier molecular flexibility index (Phi) is 6.47. The molecule has 0 aliphatic heterocycles. The van der Waals surface area contributed by atoms with Crippen LogP contribution in [-0.4, -0.2) is 15.9 Å². The van der Waals surface area contributed by atoms with Gasteiger partial charge in [0.2, 0.25) is 5.89 Å². The minimum Gasteiger partial charge on any atom is -0.464 e. The Morgan fingerprint density at radius 2 is 2.00 bits per heavy atom. The average molecular weight is 371 g/mol. The maximum absolute atomic E-state index is 12.2.